The Bertz CT molecular complexity index is 1830. The Labute approximate surface area is 389 Å². The second-order valence-corrected chi connectivity index (χ2v) is 28.0. The van der Waals surface area contributed by atoms with Crippen molar-refractivity contribution in [3.63, 3.8) is 0 Å². The summed E-state index contributed by atoms with van der Waals surface area (Å²) in [5.74, 6) is 7.69. The molecule has 1 spiro atoms. The maximum absolute atomic E-state index is 3.44. The molecule has 6 fully saturated rings. The van der Waals surface area contributed by atoms with E-state index in [1.54, 1.807) is 31.3 Å². The topological polar surface area (TPSA) is 6.48 Å². The standard InChI is InChI=1S/C60H95BN2/c1-39-33-53-55-54(34-39)63-56-48(60(59(63,8)9)31-17-12-18-32-60)35-44(41-21-15-11-16-22-41)36-50(56)61(55)49-38-46(58(5,6)7)28-30-52(49)62(53)51-29-27-45(57(2,3)4)37-47(51)43-25-23-42(24-26-43)40-19-13-10-14-20-40/h19,25,37,39,41-42,44-46,48-52,54,56H,10-18,20-24,26-36,38H2,1-9H3. The summed E-state index contributed by atoms with van der Waals surface area (Å²) in [6.45, 7) is 24.8. The van der Waals surface area contributed by atoms with Crippen LogP contribution in [0.25, 0.3) is 0 Å². The third-order valence-corrected chi connectivity index (χ3v) is 22.7. The molecule has 348 valence electrons. The van der Waals surface area contributed by atoms with Crippen molar-refractivity contribution in [2.24, 2.45) is 57.7 Å². The van der Waals surface area contributed by atoms with Gasteiger partial charge in [-0.05, 0) is 197 Å². The van der Waals surface area contributed by atoms with Gasteiger partial charge in [-0.1, -0.05) is 142 Å². The van der Waals surface area contributed by atoms with Gasteiger partial charge in [-0.3, -0.25) is 4.90 Å². The molecule has 63 heavy (non-hydrogen) atoms. The molecule has 0 radical (unpaired) electrons. The van der Waals surface area contributed by atoms with Crippen molar-refractivity contribution in [2.75, 3.05) is 0 Å². The fourth-order valence-electron chi connectivity index (χ4n) is 19.6. The van der Waals surface area contributed by atoms with Gasteiger partial charge in [0.15, 0.2) is 6.71 Å². The van der Waals surface area contributed by atoms with Crippen LogP contribution in [-0.2, 0) is 0 Å². The largest absolute Gasteiger partial charge is 0.366 e. The zero-order chi connectivity index (χ0) is 43.6. The summed E-state index contributed by atoms with van der Waals surface area (Å²) in [7, 11) is 0. The molecule has 0 aromatic rings. The van der Waals surface area contributed by atoms with Gasteiger partial charge in [0.2, 0.25) is 0 Å². The SMILES string of the molecule is CC1CC2=C3B(C4CC(C(C)(C)C)CCC4N2C2CCC(C(C)(C)C)C=C2C2=CCC(C4=CCCCC4)CC2)C2CC(C4CCCCC4)CC4C2N(C3C1)C(C)(C)C41CCCCC1. The van der Waals surface area contributed by atoms with Gasteiger partial charge in [-0.2, -0.15) is 0 Å². The average molecular weight is 855 g/mol. The zero-order valence-corrected chi connectivity index (χ0v) is 42.6. The van der Waals surface area contributed by atoms with Crippen molar-refractivity contribution >= 4 is 6.71 Å². The Morgan fingerprint density at radius 2 is 1.46 bits per heavy atom. The molecule has 3 heteroatoms. The predicted molar refractivity (Wildman–Crippen MR) is 269 cm³/mol. The molecule has 2 nitrogen and oxygen atoms in total. The Balaban J connectivity index is 1.07. The van der Waals surface area contributed by atoms with Gasteiger partial charge in [0, 0.05) is 29.4 Å². The maximum atomic E-state index is 3.44. The van der Waals surface area contributed by atoms with E-state index >= 15 is 0 Å². The minimum absolute atomic E-state index is 0.280. The van der Waals surface area contributed by atoms with E-state index < -0.39 is 0 Å². The van der Waals surface area contributed by atoms with Gasteiger partial charge < -0.3 is 4.90 Å². The van der Waals surface area contributed by atoms with Crippen LogP contribution in [0.1, 0.15) is 229 Å². The van der Waals surface area contributed by atoms with Crippen LogP contribution in [0.4, 0.5) is 0 Å². The number of nitrogens with zero attached hydrogens (tertiary/aromatic N) is 2. The molecule has 0 bridgehead atoms. The molecule has 11 rings (SSSR count). The zero-order valence-electron chi connectivity index (χ0n) is 42.6. The lowest BCUT2D eigenvalue weighted by molar-refractivity contribution is -0.0109. The molecule has 0 aromatic carbocycles. The highest BCUT2D eigenvalue weighted by molar-refractivity contribution is 6.71. The number of hydrogen-bond acceptors (Lipinski definition) is 2. The molecular weight excluding hydrogens is 759 g/mol. The van der Waals surface area contributed by atoms with Crippen LogP contribution in [0.15, 0.2) is 46.1 Å². The van der Waals surface area contributed by atoms with Gasteiger partial charge in [-0.25, -0.2) is 0 Å². The second kappa shape index (κ2) is 16.5. The average Bonchev–Trinajstić information content (AvgIpc) is 3.46. The van der Waals surface area contributed by atoms with Crippen LogP contribution in [0.2, 0.25) is 11.6 Å². The van der Waals surface area contributed by atoms with Crippen LogP contribution in [0.3, 0.4) is 0 Å². The molecular formula is C60H95BN2. The molecule has 12 unspecified atom stereocenters. The lowest BCUT2D eigenvalue weighted by Crippen LogP contribution is -2.69. The van der Waals surface area contributed by atoms with Gasteiger partial charge in [0.1, 0.15) is 0 Å². The van der Waals surface area contributed by atoms with E-state index in [0.29, 0.717) is 34.2 Å². The Hall–Kier alpha value is -1.22. The second-order valence-electron chi connectivity index (χ2n) is 28.0. The molecule has 0 N–H and O–H groups in total. The quantitative estimate of drug-likeness (QED) is 0.205. The first-order valence-electron chi connectivity index (χ1n) is 28.6. The molecule has 4 saturated carbocycles. The Morgan fingerprint density at radius 1 is 0.683 bits per heavy atom. The summed E-state index contributed by atoms with van der Waals surface area (Å²) in [6, 6.07) is 2.77. The first kappa shape index (κ1) is 44.3. The molecule has 3 heterocycles. The van der Waals surface area contributed by atoms with Crippen molar-refractivity contribution in [1.29, 1.82) is 0 Å². The molecule has 3 aliphatic heterocycles. The van der Waals surface area contributed by atoms with E-state index in [0.717, 1.165) is 65.9 Å². The predicted octanol–water partition coefficient (Wildman–Crippen LogP) is 16.4. The fraction of sp³-hybridized carbons (Fsp3) is 0.867. The molecule has 0 aromatic heterocycles. The van der Waals surface area contributed by atoms with Gasteiger partial charge in [0.05, 0.1) is 6.04 Å². The smallest absolute Gasteiger partial charge is 0.184 e. The Kier molecular flexibility index (Phi) is 11.6. The van der Waals surface area contributed by atoms with E-state index in [1.807, 2.05) is 16.8 Å². The number of allylic oxidation sites excluding steroid dienone is 5. The molecule has 0 amide bonds. The Morgan fingerprint density at radius 3 is 2.16 bits per heavy atom. The van der Waals surface area contributed by atoms with Crippen LogP contribution >= 0.6 is 0 Å². The van der Waals surface area contributed by atoms with E-state index in [4.69, 9.17) is 0 Å². The highest BCUT2D eigenvalue weighted by Crippen LogP contribution is 2.72. The van der Waals surface area contributed by atoms with Crippen LogP contribution < -0.4 is 0 Å². The third kappa shape index (κ3) is 7.29. The third-order valence-electron chi connectivity index (χ3n) is 22.7. The van der Waals surface area contributed by atoms with E-state index in [2.05, 4.69) is 95.8 Å². The summed E-state index contributed by atoms with van der Waals surface area (Å²) in [5, 5.41) is 0. The molecule has 8 aliphatic carbocycles. The number of fused-ring (bicyclic) bond motifs is 5. The normalized spacial score (nSPS) is 42.0. The molecule has 11 aliphatic rings. The number of hydrogen-bond donors (Lipinski definition) is 0. The summed E-state index contributed by atoms with van der Waals surface area (Å²) >= 11 is 0. The summed E-state index contributed by atoms with van der Waals surface area (Å²) in [4.78, 5) is 6.81. The lowest BCUT2D eigenvalue weighted by atomic mass is 9.20. The molecule has 12 atom stereocenters. The highest BCUT2D eigenvalue weighted by atomic mass is 15.3. The van der Waals surface area contributed by atoms with E-state index in [9.17, 15) is 0 Å². The minimum atomic E-state index is 0.280. The van der Waals surface area contributed by atoms with Crippen molar-refractivity contribution in [3.05, 3.63) is 46.1 Å². The summed E-state index contributed by atoms with van der Waals surface area (Å²) in [6.07, 6.45) is 46.0. The lowest BCUT2D eigenvalue weighted by Gasteiger charge is -2.65. The fourth-order valence-corrected chi connectivity index (χ4v) is 19.6. The minimum Gasteiger partial charge on any atom is -0.366 e. The maximum Gasteiger partial charge on any atom is 0.184 e. The van der Waals surface area contributed by atoms with Crippen molar-refractivity contribution in [2.45, 2.75) is 271 Å². The van der Waals surface area contributed by atoms with Crippen LogP contribution in [-0.4, -0.2) is 46.2 Å². The van der Waals surface area contributed by atoms with Crippen molar-refractivity contribution in [1.82, 2.24) is 9.80 Å². The highest BCUT2D eigenvalue weighted by Gasteiger charge is 2.72. The monoisotopic (exact) mass is 855 g/mol. The first-order chi connectivity index (χ1) is 30.2. The van der Waals surface area contributed by atoms with Gasteiger partial charge in [-0.15, -0.1) is 0 Å². The van der Waals surface area contributed by atoms with E-state index in [-0.39, 0.29) is 5.54 Å². The van der Waals surface area contributed by atoms with Crippen LogP contribution in [0, 0.1) is 57.7 Å². The van der Waals surface area contributed by atoms with Gasteiger partial charge in [0.25, 0.3) is 0 Å². The summed E-state index contributed by atoms with van der Waals surface area (Å²) < 4.78 is 0. The van der Waals surface area contributed by atoms with Gasteiger partial charge >= 0.3 is 0 Å². The summed E-state index contributed by atoms with van der Waals surface area (Å²) in [5.41, 5.74) is 10.9. The van der Waals surface area contributed by atoms with Crippen molar-refractivity contribution in [3.8, 4) is 0 Å². The van der Waals surface area contributed by atoms with Crippen LogP contribution in [0.5, 0.6) is 0 Å². The van der Waals surface area contributed by atoms with Crippen molar-refractivity contribution < 1.29 is 0 Å². The number of rotatable bonds is 4. The molecule has 2 saturated heterocycles. The van der Waals surface area contributed by atoms with E-state index in [1.165, 1.54) is 141 Å². The first-order valence-corrected chi connectivity index (χ1v) is 28.6.